The minimum atomic E-state index is -0.106. The van der Waals surface area contributed by atoms with Gasteiger partial charge >= 0.3 is 0 Å². The Bertz CT molecular complexity index is 139. The molecule has 1 aliphatic rings. The summed E-state index contributed by atoms with van der Waals surface area (Å²) in [5.41, 5.74) is 6.05. The van der Waals surface area contributed by atoms with Crippen molar-refractivity contribution in [2.45, 2.75) is 51.5 Å². The minimum absolute atomic E-state index is 0.106. The van der Waals surface area contributed by atoms with Crippen LogP contribution in [0.15, 0.2) is 0 Å². The van der Waals surface area contributed by atoms with Gasteiger partial charge in [0.2, 0.25) is 0 Å². The first-order valence-electron chi connectivity index (χ1n) is 5.50. The van der Waals surface area contributed by atoms with Crippen molar-refractivity contribution in [3.8, 4) is 0 Å². The molecular weight excluding hydrogens is 162 g/mol. The third-order valence-electron chi connectivity index (χ3n) is 2.87. The Morgan fingerprint density at radius 2 is 2.00 bits per heavy atom. The molecule has 78 valence electrons. The molecule has 1 fully saturated rings. The highest BCUT2D eigenvalue weighted by atomic mass is 16.5. The molecule has 1 unspecified atom stereocenters. The predicted molar refractivity (Wildman–Crippen MR) is 55.7 cm³/mol. The van der Waals surface area contributed by atoms with E-state index < -0.39 is 0 Å². The summed E-state index contributed by atoms with van der Waals surface area (Å²) in [7, 11) is 0. The summed E-state index contributed by atoms with van der Waals surface area (Å²) < 4.78 is 5.38. The van der Waals surface area contributed by atoms with Crippen molar-refractivity contribution in [3.63, 3.8) is 0 Å². The summed E-state index contributed by atoms with van der Waals surface area (Å²) in [6.07, 6.45) is 6.68. The van der Waals surface area contributed by atoms with E-state index in [2.05, 4.69) is 6.92 Å². The van der Waals surface area contributed by atoms with Gasteiger partial charge in [-0.05, 0) is 26.2 Å². The lowest BCUT2D eigenvalue weighted by atomic mass is 9.89. The van der Waals surface area contributed by atoms with Gasteiger partial charge in [-0.25, -0.2) is 0 Å². The summed E-state index contributed by atoms with van der Waals surface area (Å²) in [5, 5.41) is 0. The number of hydrogen-bond donors (Lipinski definition) is 1. The fraction of sp³-hybridized carbons (Fsp3) is 1.00. The highest BCUT2D eigenvalue weighted by Gasteiger charge is 2.25. The summed E-state index contributed by atoms with van der Waals surface area (Å²) in [6.45, 7) is 5.62. The summed E-state index contributed by atoms with van der Waals surface area (Å²) >= 11 is 0. The normalized spacial score (nSPS) is 23.3. The minimum Gasteiger partial charge on any atom is -0.380 e. The Hall–Kier alpha value is -0.0800. The molecule has 0 saturated heterocycles. The second-order valence-corrected chi connectivity index (χ2v) is 4.65. The average molecular weight is 185 g/mol. The second-order valence-electron chi connectivity index (χ2n) is 4.65. The lowest BCUT2D eigenvalue weighted by Gasteiger charge is -2.27. The van der Waals surface area contributed by atoms with Gasteiger partial charge in [-0.2, -0.15) is 0 Å². The van der Waals surface area contributed by atoms with Crippen LogP contribution in [0.1, 0.15) is 46.0 Å². The van der Waals surface area contributed by atoms with Crippen LogP contribution in [0, 0.1) is 5.92 Å². The predicted octanol–water partition coefficient (Wildman–Crippen LogP) is 2.32. The molecule has 0 radical (unpaired) electrons. The Balaban J connectivity index is 2.23. The van der Waals surface area contributed by atoms with E-state index in [-0.39, 0.29) is 5.54 Å². The van der Waals surface area contributed by atoms with Gasteiger partial charge in [0.15, 0.2) is 0 Å². The fourth-order valence-electron chi connectivity index (χ4n) is 2.27. The largest absolute Gasteiger partial charge is 0.380 e. The standard InChI is InChI=1S/C11H23NO/c1-3-13-9-11(2,12)8-10-6-4-5-7-10/h10H,3-9,12H2,1-2H3. The molecule has 2 nitrogen and oxygen atoms in total. The van der Waals surface area contributed by atoms with Gasteiger partial charge in [0.05, 0.1) is 6.61 Å². The maximum Gasteiger partial charge on any atom is 0.0643 e. The van der Waals surface area contributed by atoms with Crippen molar-refractivity contribution < 1.29 is 4.74 Å². The third-order valence-corrected chi connectivity index (χ3v) is 2.87. The van der Waals surface area contributed by atoms with E-state index in [1.54, 1.807) is 0 Å². The van der Waals surface area contributed by atoms with E-state index in [1.165, 1.54) is 25.7 Å². The Morgan fingerprint density at radius 1 is 1.38 bits per heavy atom. The zero-order chi connectivity index (χ0) is 9.73. The monoisotopic (exact) mass is 185 g/mol. The molecule has 0 amide bonds. The van der Waals surface area contributed by atoms with Crippen LogP contribution in [0.3, 0.4) is 0 Å². The van der Waals surface area contributed by atoms with Crippen LogP contribution in [0.25, 0.3) is 0 Å². The number of nitrogens with two attached hydrogens (primary N) is 1. The summed E-state index contributed by atoms with van der Waals surface area (Å²) in [6, 6.07) is 0. The van der Waals surface area contributed by atoms with Crippen molar-refractivity contribution in [1.82, 2.24) is 0 Å². The summed E-state index contributed by atoms with van der Waals surface area (Å²) in [5.74, 6) is 0.857. The molecule has 0 spiro atoms. The smallest absolute Gasteiger partial charge is 0.0643 e. The van der Waals surface area contributed by atoms with E-state index in [1.807, 2.05) is 6.92 Å². The molecule has 0 heterocycles. The van der Waals surface area contributed by atoms with Gasteiger partial charge in [0.1, 0.15) is 0 Å². The van der Waals surface area contributed by atoms with E-state index in [0.717, 1.165) is 18.9 Å². The van der Waals surface area contributed by atoms with Crippen LogP contribution in [0.5, 0.6) is 0 Å². The molecule has 0 aromatic carbocycles. The SMILES string of the molecule is CCOCC(C)(N)CC1CCCC1. The number of ether oxygens (including phenoxy) is 1. The maximum absolute atomic E-state index is 6.16. The number of hydrogen-bond acceptors (Lipinski definition) is 2. The molecule has 2 N–H and O–H groups in total. The van der Waals surface area contributed by atoms with Crippen LogP contribution in [0.4, 0.5) is 0 Å². The van der Waals surface area contributed by atoms with Crippen molar-refractivity contribution >= 4 is 0 Å². The van der Waals surface area contributed by atoms with E-state index in [0.29, 0.717) is 6.61 Å². The van der Waals surface area contributed by atoms with Gasteiger partial charge in [0.25, 0.3) is 0 Å². The first-order chi connectivity index (χ1) is 6.14. The van der Waals surface area contributed by atoms with E-state index in [9.17, 15) is 0 Å². The number of rotatable bonds is 5. The molecule has 1 rings (SSSR count). The van der Waals surface area contributed by atoms with Crippen LogP contribution in [-0.4, -0.2) is 18.8 Å². The lowest BCUT2D eigenvalue weighted by molar-refractivity contribution is 0.0902. The third kappa shape index (κ3) is 4.10. The lowest BCUT2D eigenvalue weighted by Crippen LogP contribution is -2.42. The Labute approximate surface area is 81.8 Å². The quantitative estimate of drug-likeness (QED) is 0.713. The van der Waals surface area contributed by atoms with Crippen molar-refractivity contribution in [1.29, 1.82) is 0 Å². The molecular formula is C11H23NO. The zero-order valence-electron chi connectivity index (χ0n) is 9.01. The first-order valence-corrected chi connectivity index (χ1v) is 5.50. The van der Waals surface area contributed by atoms with Crippen molar-refractivity contribution in [2.75, 3.05) is 13.2 Å². The molecule has 1 saturated carbocycles. The first kappa shape index (κ1) is 11.0. The molecule has 1 aliphatic carbocycles. The summed E-state index contributed by atoms with van der Waals surface area (Å²) in [4.78, 5) is 0. The zero-order valence-corrected chi connectivity index (χ0v) is 9.01. The Morgan fingerprint density at radius 3 is 2.54 bits per heavy atom. The van der Waals surface area contributed by atoms with Crippen LogP contribution < -0.4 is 5.73 Å². The van der Waals surface area contributed by atoms with Gasteiger partial charge in [-0.1, -0.05) is 25.7 Å². The Kier molecular flexibility index (Phi) is 4.20. The van der Waals surface area contributed by atoms with Crippen LogP contribution >= 0.6 is 0 Å². The second kappa shape index (κ2) is 4.97. The molecule has 0 bridgehead atoms. The van der Waals surface area contributed by atoms with Gasteiger partial charge in [-0.15, -0.1) is 0 Å². The van der Waals surface area contributed by atoms with Gasteiger partial charge in [-0.3, -0.25) is 0 Å². The van der Waals surface area contributed by atoms with Crippen molar-refractivity contribution in [2.24, 2.45) is 11.7 Å². The highest BCUT2D eigenvalue weighted by molar-refractivity contribution is 4.83. The molecule has 2 heteroatoms. The molecule has 13 heavy (non-hydrogen) atoms. The van der Waals surface area contributed by atoms with E-state index in [4.69, 9.17) is 10.5 Å². The highest BCUT2D eigenvalue weighted by Crippen LogP contribution is 2.30. The maximum atomic E-state index is 6.16. The van der Waals surface area contributed by atoms with Gasteiger partial charge < -0.3 is 10.5 Å². The van der Waals surface area contributed by atoms with Crippen LogP contribution in [-0.2, 0) is 4.74 Å². The van der Waals surface area contributed by atoms with E-state index >= 15 is 0 Å². The molecule has 0 aromatic heterocycles. The van der Waals surface area contributed by atoms with Crippen LogP contribution in [0.2, 0.25) is 0 Å². The molecule has 1 atom stereocenters. The van der Waals surface area contributed by atoms with Gasteiger partial charge in [0, 0.05) is 12.1 Å². The topological polar surface area (TPSA) is 35.2 Å². The average Bonchev–Trinajstić information content (AvgIpc) is 2.52. The molecule has 0 aliphatic heterocycles. The molecule has 0 aromatic rings. The fourth-order valence-corrected chi connectivity index (χ4v) is 2.27. The van der Waals surface area contributed by atoms with Crippen molar-refractivity contribution in [3.05, 3.63) is 0 Å².